The minimum atomic E-state index is -0.706. The highest BCUT2D eigenvalue weighted by molar-refractivity contribution is 6.12. The van der Waals surface area contributed by atoms with Crippen LogP contribution < -0.4 is 16.3 Å². The summed E-state index contributed by atoms with van der Waals surface area (Å²) in [6, 6.07) is 16.6. The maximum Gasteiger partial charge on any atom is 0.347 e. The largest absolute Gasteiger partial charge is 0.422 e. The molecule has 1 aliphatic heterocycles. The van der Waals surface area contributed by atoms with E-state index < -0.39 is 23.5 Å². The van der Waals surface area contributed by atoms with Crippen molar-refractivity contribution in [3.05, 3.63) is 93.5 Å². The number of hydrogen-bond acceptors (Lipinski definition) is 4. The van der Waals surface area contributed by atoms with E-state index in [0.29, 0.717) is 22.2 Å². The Morgan fingerprint density at radius 3 is 2.48 bits per heavy atom. The summed E-state index contributed by atoms with van der Waals surface area (Å²) in [6.07, 6.45) is 0. The third-order valence-electron chi connectivity index (χ3n) is 4.53. The summed E-state index contributed by atoms with van der Waals surface area (Å²) < 4.78 is 5.30. The summed E-state index contributed by atoms with van der Waals surface area (Å²) in [4.78, 5) is 37.6. The summed E-state index contributed by atoms with van der Waals surface area (Å²) in [7, 11) is 0. The molecule has 2 N–H and O–H groups in total. The van der Waals surface area contributed by atoms with E-state index in [-0.39, 0.29) is 5.56 Å². The maximum absolute atomic E-state index is 13.3. The molecule has 134 valence electrons. The van der Waals surface area contributed by atoms with Crippen LogP contribution in [0.4, 0.5) is 4.79 Å². The molecule has 0 spiro atoms. The lowest BCUT2D eigenvalue weighted by molar-refractivity contribution is 0.102. The van der Waals surface area contributed by atoms with Gasteiger partial charge in [0.2, 0.25) is 5.78 Å². The summed E-state index contributed by atoms with van der Waals surface area (Å²) >= 11 is 0. The second-order valence-electron chi connectivity index (χ2n) is 6.30. The SMILES string of the molecule is CC1=C(C(=O)c2cc3ccccc3oc2=O)C(c2ccccc2)NC(=O)N1. The first-order valence-electron chi connectivity index (χ1n) is 8.45. The minimum absolute atomic E-state index is 0.0677. The van der Waals surface area contributed by atoms with Crippen LogP contribution in [0.3, 0.4) is 0 Å². The lowest BCUT2D eigenvalue weighted by atomic mass is 9.90. The molecule has 2 aromatic carbocycles. The Kier molecular flexibility index (Phi) is 4.08. The minimum Gasteiger partial charge on any atom is -0.422 e. The van der Waals surface area contributed by atoms with Crippen molar-refractivity contribution in [2.75, 3.05) is 0 Å². The Morgan fingerprint density at radius 2 is 1.70 bits per heavy atom. The van der Waals surface area contributed by atoms with E-state index in [4.69, 9.17) is 4.42 Å². The third-order valence-corrected chi connectivity index (χ3v) is 4.53. The van der Waals surface area contributed by atoms with Crippen LogP contribution in [0.5, 0.6) is 0 Å². The molecule has 27 heavy (non-hydrogen) atoms. The summed E-state index contributed by atoms with van der Waals surface area (Å²) in [5.74, 6) is -0.478. The van der Waals surface area contributed by atoms with Crippen LogP contribution in [0.2, 0.25) is 0 Å². The van der Waals surface area contributed by atoms with Crippen molar-refractivity contribution in [3.63, 3.8) is 0 Å². The number of amides is 2. The van der Waals surface area contributed by atoms with E-state index in [9.17, 15) is 14.4 Å². The zero-order valence-electron chi connectivity index (χ0n) is 14.5. The highest BCUT2D eigenvalue weighted by atomic mass is 16.4. The molecule has 1 unspecified atom stereocenters. The molecule has 2 amide bonds. The van der Waals surface area contributed by atoms with Crippen LogP contribution in [-0.4, -0.2) is 11.8 Å². The van der Waals surface area contributed by atoms with Crippen LogP contribution in [0, 0.1) is 0 Å². The van der Waals surface area contributed by atoms with E-state index in [1.54, 1.807) is 31.2 Å². The molecule has 1 aliphatic rings. The highest BCUT2D eigenvalue weighted by Gasteiger charge is 2.33. The van der Waals surface area contributed by atoms with Gasteiger partial charge in [0.25, 0.3) is 0 Å². The number of carbonyl (C=O) groups is 2. The van der Waals surface area contributed by atoms with Gasteiger partial charge >= 0.3 is 11.7 Å². The molecule has 0 fully saturated rings. The number of Topliss-reactive ketones (excluding diaryl/α,β-unsaturated/α-hetero) is 1. The second-order valence-corrected chi connectivity index (χ2v) is 6.30. The zero-order chi connectivity index (χ0) is 19.0. The fraction of sp³-hybridized carbons (Fsp3) is 0.0952. The molecule has 1 atom stereocenters. The van der Waals surface area contributed by atoms with Crippen molar-refractivity contribution in [3.8, 4) is 0 Å². The molecule has 4 rings (SSSR count). The Hall–Kier alpha value is -3.67. The summed E-state index contributed by atoms with van der Waals surface area (Å²) in [5.41, 5.74) is 1.11. The van der Waals surface area contributed by atoms with Gasteiger partial charge < -0.3 is 15.1 Å². The van der Waals surface area contributed by atoms with Crippen molar-refractivity contribution in [1.82, 2.24) is 10.6 Å². The first kappa shape index (κ1) is 16.8. The van der Waals surface area contributed by atoms with Gasteiger partial charge in [0.1, 0.15) is 11.1 Å². The van der Waals surface area contributed by atoms with E-state index in [0.717, 1.165) is 5.56 Å². The Balaban J connectivity index is 1.86. The number of benzene rings is 2. The monoisotopic (exact) mass is 360 g/mol. The van der Waals surface area contributed by atoms with E-state index in [1.165, 1.54) is 6.07 Å². The van der Waals surface area contributed by atoms with Crippen molar-refractivity contribution in [2.45, 2.75) is 13.0 Å². The van der Waals surface area contributed by atoms with Crippen LogP contribution >= 0.6 is 0 Å². The average Bonchev–Trinajstić information content (AvgIpc) is 2.67. The second kappa shape index (κ2) is 6.57. The van der Waals surface area contributed by atoms with Gasteiger partial charge in [-0.25, -0.2) is 9.59 Å². The van der Waals surface area contributed by atoms with Crippen molar-refractivity contribution >= 4 is 22.8 Å². The van der Waals surface area contributed by atoms with Gasteiger partial charge in [-0.05, 0) is 24.6 Å². The van der Waals surface area contributed by atoms with Gasteiger partial charge in [-0.1, -0.05) is 48.5 Å². The molecule has 2 heterocycles. The molecule has 0 saturated heterocycles. The number of fused-ring (bicyclic) bond motifs is 1. The fourth-order valence-corrected chi connectivity index (χ4v) is 3.26. The predicted octanol–water partition coefficient (Wildman–Crippen LogP) is 3.30. The number of allylic oxidation sites excluding steroid dienone is 1. The summed E-state index contributed by atoms with van der Waals surface area (Å²) in [6.45, 7) is 1.64. The van der Waals surface area contributed by atoms with Gasteiger partial charge in [0, 0.05) is 16.7 Å². The van der Waals surface area contributed by atoms with Gasteiger partial charge in [0.05, 0.1) is 6.04 Å². The molecule has 1 aromatic heterocycles. The molecule has 0 aliphatic carbocycles. The number of hydrogen-bond donors (Lipinski definition) is 2. The van der Waals surface area contributed by atoms with Crippen molar-refractivity contribution in [1.29, 1.82) is 0 Å². The molecular weight excluding hydrogens is 344 g/mol. The number of ketones is 1. The highest BCUT2D eigenvalue weighted by Crippen LogP contribution is 2.29. The number of urea groups is 1. The first-order chi connectivity index (χ1) is 13.0. The number of rotatable bonds is 3. The average molecular weight is 360 g/mol. The Bertz CT molecular complexity index is 1150. The van der Waals surface area contributed by atoms with E-state index >= 15 is 0 Å². The van der Waals surface area contributed by atoms with Crippen LogP contribution in [0.25, 0.3) is 11.0 Å². The summed E-state index contributed by atoms with van der Waals surface area (Å²) in [5, 5.41) is 6.03. The normalized spacial score (nSPS) is 16.8. The third kappa shape index (κ3) is 3.01. The van der Waals surface area contributed by atoms with Gasteiger partial charge in [-0.15, -0.1) is 0 Å². The predicted molar refractivity (Wildman–Crippen MR) is 100 cm³/mol. The van der Waals surface area contributed by atoms with Crippen LogP contribution in [0.15, 0.2) is 81.1 Å². The lowest BCUT2D eigenvalue weighted by Gasteiger charge is -2.28. The lowest BCUT2D eigenvalue weighted by Crippen LogP contribution is -2.45. The zero-order valence-corrected chi connectivity index (χ0v) is 14.5. The van der Waals surface area contributed by atoms with Crippen LogP contribution in [0.1, 0.15) is 28.9 Å². The smallest absolute Gasteiger partial charge is 0.347 e. The number of carbonyl (C=O) groups excluding carboxylic acids is 2. The van der Waals surface area contributed by atoms with E-state index in [1.807, 2.05) is 30.3 Å². The molecule has 0 bridgehead atoms. The van der Waals surface area contributed by atoms with Gasteiger partial charge in [-0.3, -0.25) is 4.79 Å². The molecular formula is C21H16N2O4. The maximum atomic E-state index is 13.3. The molecule has 3 aromatic rings. The van der Waals surface area contributed by atoms with Gasteiger partial charge in [-0.2, -0.15) is 0 Å². The number of para-hydroxylation sites is 1. The van der Waals surface area contributed by atoms with Crippen molar-refractivity contribution in [2.24, 2.45) is 0 Å². The Morgan fingerprint density at radius 1 is 1.00 bits per heavy atom. The first-order valence-corrected chi connectivity index (χ1v) is 8.45. The Labute approximate surface area is 154 Å². The standard InChI is InChI=1S/C21H16N2O4/c1-12-17(18(23-21(26)22-12)13-7-3-2-4-8-13)19(24)15-11-14-9-5-6-10-16(14)27-20(15)25/h2-11,18H,1H3,(H2,22,23,26). The van der Waals surface area contributed by atoms with Crippen LogP contribution in [-0.2, 0) is 0 Å². The number of nitrogens with one attached hydrogen (secondary N) is 2. The quantitative estimate of drug-likeness (QED) is 0.554. The van der Waals surface area contributed by atoms with Crippen molar-refractivity contribution < 1.29 is 14.0 Å². The topological polar surface area (TPSA) is 88.4 Å². The molecule has 0 saturated carbocycles. The van der Waals surface area contributed by atoms with E-state index in [2.05, 4.69) is 10.6 Å². The molecule has 6 heteroatoms. The molecule has 6 nitrogen and oxygen atoms in total. The molecule has 0 radical (unpaired) electrons. The fourth-order valence-electron chi connectivity index (χ4n) is 3.26. The van der Waals surface area contributed by atoms with Gasteiger partial charge in [0.15, 0.2) is 0 Å².